The predicted octanol–water partition coefficient (Wildman–Crippen LogP) is 2.52. The number of aliphatic imine (C=N–C) groups is 1. The Kier molecular flexibility index (Phi) is 7.37. The fourth-order valence-corrected chi connectivity index (χ4v) is 2.19. The Morgan fingerprint density at radius 3 is 2.55 bits per heavy atom. The van der Waals surface area contributed by atoms with E-state index in [-0.39, 0.29) is 24.0 Å². The summed E-state index contributed by atoms with van der Waals surface area (Å²) < 4.78 is 1.79. The minimum Gasteiger partial charge on any atom is -0.352 e. The van der Waals surface area contributed by atoms with E-state index in [1.807, 2.05) is 19.4 Å². The van der Waals surface area contributed by atoms with Gasteiger partial charge < -0.3 is 10.6 Å². The van der Waals surface area contributed by atoms with Crippen LogP contribution in [0.25, 0.3) is 0 Å². The fourth-order valence-electron chi connectivity index (χ4n) is 2.19. The van der Waals surface area contributed by atoms with Crippen molar-refractivity contribution in [1.82, 2.24) is 20.4 Å². The van der Waals surface area contributed by atoms with E-state index >= 15 is 0 Å². The van der Waals surface area contributed by atoms with Gasteiger partial charge in [0.25, 0.3) is 0 Å². The Labute approximate surface area is 149 Å². The van der Waals surface area contributed by atoms with Crippen LogP contribution in [0.1, 0.15) is 22.3 Å². The van der Waals surface area contributed by atoms with Crippen molar-refractivity contribution in [3.63, 3.8) is 0 Å². The van der Waals surface area contributed by atoms with Crippen LogP contribution in [-0.2, 0) is 20.1 Å². The highest BCUT2D eigenvalue weighted by Gasteiger charge is 2.02. The first-order chi connectivity index (χ1) is 10.1. The number of hydrogen-bond acceptors (Lipinski definition) is 2. The molecule has 0 saturated heterocycles. The lowest BCUT2D eigenvalue weighted by molar-refractivity contribution is 0.764. The van der Waals surface area contributed by atoms with Crippen LogP contribution >= 0.6 is 24.0 Å². The summed E-state index contributed by atoms with van der Waals surface area (Å²) in [6, 6.07) is 6.49. The third-order valence-electron chi connectivity index (χ3n) is 3.39. The first-order valence-corrected chi connectivity index (χ1v) is 7.06. The second kappa shape index (κ2) is 8.77. The topological polar surface area (TPSA) is 54.2 Å². The maximum atomic E-state index is 4.24. The van der Waals surface area contributed by atoms with Crippen molar-refractivity contribution in [1.29, 1.82) is 0 Å². The summed E-state index contributed by atoms with van der Waals surface area (Å²) in [6.45, 7) is 5.72. The summed E-state index contributed by atoms with van der Waals surface area (Å²) in [7, 11) is 3.69. The number of nitrogens with zero attached hydrogens (tertiary/aromatic N) is 3. The molecule has 22 heavy (non-hydrogen) atoms. The molecule has 1 heterocycles. The van der Waals surface area contributed by atoms with E-state index in [1.165, 1.54) is 16.7 Å². The van der Waals surface area contributed by atoms with E-state index in [0.717, 1.165) is 18.1 Å². The predicted molar refractivity (Wildman–Crippen MR) is 102 cm³/mol. The Morgan fingerprint density at radius 2 is 1.95 bits per heavy atom. The van der Waals surface area contributed by atoms with Gasteiger partial charge in [0, 0.05) is 38.9 Å². The zero-order chi connectivity index (χ0) is 15.2. The number of aryl methyl sites for hydroxylation is 3. The Balaban J connectivity index is 0.00000242. The molecule has 0 spiro atoms. The monoisotopic (exact) mass is 413 g/mol. The molecular weight excluding hydrogens is 389 g/mol. The number of halogens is 1. The summed E-state index contributed by atoms with van der Waals surface area (Å²) in [5, 5.41) is 10.8. The Bertz CT molecular complexity index is 633. The van der Waals surface area contributed by atoms with Gasteiger partial charge in [0.05, 0.1) is 6.20 Å². The van der Waals surface area contributed by atoms with Crippen LogP contribution in [0.3, 0.4) is 0 Å². The highest BCUT2D eigenvalue weighted by atomic mass is 127. The summed E-state index contributed by atoms with van der Waals surface area (Å²) in [5.74, 6) is 0.791. The molecule has 0 amide bonds. The number of benzene rings is 1. The fraction of sp³-hybridized carbons (Fsp3) is 0.375. The summed E-state index contributed by atoms with van der Waals surface area (Å²) in [6.07, 6.45) is 3.84. The van der Waals surface area contributed by atoms with Crippen LogP contribution in [0.4, 0.5) is 0 Å². The SMILES string of the molecule is CN=C(NCc1cnn(C)c1)NCc1ccc(C)cc1C.I. The highest BCUT2D eigenvalue weighted by molar-refractivity contribution is 14.0. The van der Waals surface area contributed by atoms with Gasteiger partial charge >= 0.3 is 0 Å². The van der Waals surface area contributed by atoms with Crippen molar-refractivity contribution in [2.24, 2.45) is 12.0 Å². The Hall–Kier alpha value is -1.57. The maximum absolute atomic E-state index is 4.24. The van der Waals surface area contributed by atoms with Crippen molar-refractivity contribution < 1.29 is 0 Å². The largest absolute Gasteiger partial charge is 0.352 e. The van der Waals surface area contributed by atoms with Crippen molar-refractivity contribution in [2.75, 3.05) is 7.05 Å². The summed E-state index contributed by atoms with van der Waals surface area (Å²) >= 11 is 0. The minimum atomic E-state index is 0. The molecule has 6 heteroatoms. The number of guanidine groups is 1. The van der Waals surface area contributed by atoms with Gasteiger partial charge in [-0.15, -0.1) is 24.0 Å². The van der Waals surface area contributed by atoms with Gasteiger partial charge in [-0.1, -0.05) is 23.8 Å². The lowest BCUT2D eigenvalue weighted by Crippen LogP contribution is -2.36. The highest BCUT2D eigenvalue weighted by Crippen LogP contribution is 2.09. The molecule has 120 valence electrons. The molecule has 0 radical (unpaired) electrons. The second-order valence-corrected chi connectivity index (χ2v) is 5.23. The van der Waals surface area contributed by atoms with Crippen molar-refractivity contribution in [3.8, 4) is 0 Å². The lowest BCUT2D eigenvalue weighted by atomic mass is 10.1. The van der Waals surface area contributed by atoms with Gasteiger partial charge in [-0.2, -0.15) is 5.10 Å². The first-order valence-electron chi connectivity index (χ1n) is 7.06. The molecule has 0 aliphatic rings. The number of nitrogens with one attached hydrogen (secondary N) is 2. The molecular formula is C16H24IN5. The summed E-state index contributed by atoms with van der Waals surface area (Å²) in [5.41, 5.74) is 5.00. The zero-order valence-electron chi connectivity index (χ0n) is 13.6. The van der Waals surface area contributed by atoms with Gasteiger partial charge in [0.1, 0.15) is 0 Å². The third kappa shape index (κ3) is 5.32. The molecule has 0 atom stereocenters. The van der Waals surface area contributed by atoms with E-state index in [2.05, 4.69) is 52.8 Å². The Morgan fingerprint density at radius 1 is 1.23 bits per heavy atom. The quantitative estimate of drug-likeness (QED) is 0.460. The van der Waals surface area contributed by atoms with E-state index in [1.54, 1.807) is 11.7 Å². The first kappa shape index (κ1) is 18.5. The van der Waals surface area contributed by atoms with Crippen LogP contribution in [0, 0.1) is 13.8 Å². The van der Waals surface area contributed by atoms with Crippen LogP contribution < -0.4 is 10.6 Å². The molecule has 1 aromatic carbocycles. The molecule has 0 saturated carbocycles. The van der Waals surface area contributed by atoms with E-state index in [0.29, 0.717) is 6.54 Å². The third-order valence-corrected chi connectivity index (χ3v) is 3.39. The number of aromatic nitrogens is 2. The molecule has 2 rings (SSSR count). The molecule has 2 N–H and O–H groups in total. The lowest BCUT2D eigenvalue weighted by Gasteiger charge is -2.13. The average molecular weight is 413 g/mol. The van der Waals surface area contributed by atoms with Crippen LogP contribution in [-0.4, -0.2) is 22.8 Å². The normalized spacial score (nSPS) is 11.0. The van der Waals surface area contributed by atoms with Crippen LogP contribution in [0.15, 0.2) is 35.6 Å². The molecule has 0 aliphatic heterocycles. The molecule has 1 aromatic heterocycles. The van der Waals surface area contributed by atoms with Gasteiger partial charge in [-0.3, -0.25) is 9.67 Å². The number of hydrogen-bond donors (Lipinski definition) is 2. The molecule has 2 aromatic rings. The molecule has 0 bridgehead atoms. The standard InChI is InChI=1S/C16H23N5.HI/c1-12-5-6-15(13(2)7-12)10-19-16(17-3)18-8-14-9-20-21(4)11-14;/h5-7,9,11H,8,10H2,1-4H3,(H2,17,18,19);1H. The van der Waals surface area contributed by atoms with Gasteiger partial charge in [0.15, 0.2) is 5.96 Å². The van der Waals surface area contributed by atoms with Gasteiger partial charge in [-0.05, 0) is 25.0 Å². The van der Waals surface area contributed by atoms with Crippen molar-refractivity contribution in [2.45, 2.75) is 26.9 Å². The zero-order valence-corrected chi connectivity index (χ0v) is 15.9. The second-order valence-electron chi connectivity index (χ2n) is 5.23. The van der Waals surface area contributed by atoms with E-state index < -0.39 is 0 Å². The van der Waals surface area contributed by atoms with E-state index in [4.69, 9.17) is 0 Å². The molecule has 5 nitrogen and oxygen atoms in total. The average Bonchev–Trinajstić information content (AvgIpc) is 2.86. The van der Waals surface area contributed by atoms with Gasteiger partial charge in [0.2, 0.25) is 0 Å². The molecule has 0 fully saturated rings. The van der Waals surface area contributed by atoms with Gasteiger partial charge in [-0.25, -0.2) is 0 Å². The molecule has 0 aliphatic carbocycles. The van der Waals surface area contributed by atoms with E-state index in [9.17, 15) is 0 Å². The molecule has 0 unspecified atom stereocenters. The van der Waals surface area contributed by atoms with Crippen LogP contribution in [0.2, 0.25) is 0 Å². The number of rotatable bonds is 4. The van der Waals surface area contributed by atoms with Crippen LogP contribution in [0.5, 0.6) is 0 Å². The van der Waals surface area contributed by atoms with Crippen molar-refractivity contribution in [3.05, 3.63) is 52.8 Å². The smallest absolute Gasteiger partial charge is 0.191 e. The van der Waals surface area contributed by atoms with Crippen molar-refractivity contribution >= 4 is 29.9 Å². The minimum absolute atomic E-state index is 0. The summed E-state index contributed by atoms with van der Waals surface area (Å²) in [4.78, 5) is 4.24. The maximum Gasteiger partial charge on any atom is 0.191 e.